The first kappa shape index (κ1) is 11.8. The molecule has 0 amide bonds. The van der Waals surface area contributed by atoms with E-state index in [9.17, 15) is 0 Å². The van der Waals surface area contributed by atoms with E-state index in [-0.39, 0.29) is 6.04 Å². The third-order valence-corrected chi connectivity index (χ3v) is 4.61. The Balaban J connectivity index is 1.80. The Hall–Kier alpha value is -0.640. The van der Waals surface area contributed by atoms with Gasteiger partial charge in [-0.15, -0.1) is 22.7 Å². The summed E-state index contributed by atoms with van der Waals surface area (Å²) in [4.78, 5) is 2.83. The molecule has 16 heavy (non-hydrogen) atoms. The Morgan fingerprint density at radius 3 is 2.75 bits per heavy atom. The van der Waals surface area contributed by atoms with Gasteiger partial charge in [0.15, 0.2) is 0 Å². The molecule has 3 heteroatoms. The van der Waals surface area contributed by atoms with Crippen LogP contribution in [-0.4, -0.2) is 0 Å². The minimum atomic E-state index is 0.214. The second-order valence-corrected chi connectivity index (χ2v) is 6.16. The van der Waals surface area contributed by atoms with Crippen LogP contribution in [0.4, 0.5) is 0 Å². The lowest BCUT2D eigenvalue weighted by Gasteiger charge is -2.10. The van der Waals surface area contributed by atoms with E-state index in [1.807, 2.05) is 11.3 Å². The maximum Gasteiger partial charge on any atom is 0.0305 e. The van der Waals surface area contributed by atoms with Gasteiger partial charge in [-0.05, 0) is 54.6 Å². The second kappa shape index (κ2) is 5.62. The minimum Gasteiger partial charge on any atom is -0.324 e. The van der Waals surface area contributed by atoms with Crippen molar-refractivity contribution in [2.45, 2.75) is 32.2 Å². The molecule has 0 spiro atoms. The van der Waals surface area contributed by atoms with E-state index >= 15 is 0 Å². The first-order valence-corrected chi connectivity index (χ1v) is 7.35. The molecule has 1 atom stereocenters. The number of hydrogen-bond acceptors (Lipinski definition) is 3. The fraction of sp³-hybridized carbons (Fsp3) is 0.385. The first-order valence-electron chi connectivity index (χ1n) is 5.59. The van der Waals surface area contributed by atoms with Gasteiger partial charge in [0.05, 0.1) is 0 Å². The molecular formula is C13H17NS2. The summed E-state index contributed by atoms with van der Waals surface area (Å²) in [5, 5.41) is 4.27. The molecule has 0 fully saturated rings. The zero-order valence-corrected chi connectivity index (χ0v) is 11.1. The highest BCUT2D eigenvalue weighted by Gasteiger charge is 2.09. The van der Waals surface area contributed by atoms with Crippen LogP contribution in [0.5, 0.6) is 0 Å². The maximum absolute atomic E-state index is 6.19. The van der Waals surface area contributed by atoms with Crippen LogP contribution < -0.4 is 5.73 Å². The number of nitrogens with two attached hydrogens (primary N) is 1. The number of hydrogen-bond donors (Lipinski definition) is 1. The summed E-state index contributed by atoms with van der Waals surface area (Å²) in [5.41, 5.74) is 7.52. The maximum atomic E-state index is 6.19. The predicted octanol–water partition coefficient (Wildman–Crippen LogP) is 4.14. The van der Waals surface area contributed by atoms with Gasteiger partial charge in [0.25, 0.3) is 0 Å². The van der Waals surface area contributed by atoms with E-state index in [2.05, 4.69) is 35.9 Å². The van der Waals surface area contributed by atoms with E-state index in [4.69, 9.17) is 5.73 Å². The molecule has 0 aromatic carbocycles. The van der Waals surface area contributed by atoms with Crippen molar-refractivity contribution in [3.05, 3.63) is 44.3 Å². The van der Waals surface area contributed by atoms with Crippen molar-refractivity contribution in [1.82, 2.24) is 0 Å². The Morgan fingerprint density at radius 2 is 2.12 bits per heavy atom. The van der Waals surface area contributed by atoms with E-state index in [0.29, 0.717) is 0 Å². The molecule has 0 aliphatic carbocycles. The Labute approximate surface area is 105 Å². The van der Waals surface area contributed by atoms with Crippen molar-refractivity contribution in [3.63, 3.8) is 0 Å². The van der Waals surface area contributed by atoms with Crippen LogP contribution >= 0.6 is 22.7 Å². The Bertz CT molecular complexity index is 417. The van der Waals surface area contributed by atoms with Gasteiger partial charge in [-0.2, -0.15) is 0 Å². The number of rotatable bonds is 5. The van der Waals surface area contributed by atoms with Crippen LogP contribution in [0.3, 0.4) is 0 Å². The molecule has 0 aliphatic heterocycles. The van der Waals surface area contributed by atoms with Gasteiger partial charge in [-0.3, -0.25) is 0 Å². The normalized spacial score (nSPS) is 12.9. The van der Waals surface area contributed by atoms with Crippen molar-refractivity contribution < 1.29 is 0 Å². The summed E-state index contributed by atoms with van der Waals surface area (Å²) in [7, 11) is 0. The molecule has 1 nitrogen and oxygen atoms in total. The van der Waals surface area contributed by atoms with Gasteiger partial charge in [0.1, 0.15) is 0 Å². The van der Waals surface area contributed by atoms with Gasteiger partial charge >= 0.3 is 0 Å². The van der Waals surface area contributed by atoms with Gasteiger partial charge in [-0.1, -0.05) is 6.07 Å². The lowest BCUT2D eigenvalue weighted by Crippen LogP contribution is -2.10. The Kier molecular flexibility index (Phi) is 4.16. The van der Waals surface area contributed by atoms with Crippen LogP contribution in [0.2, 0.25) is 0 Å². The minimum absolute atomic E-state index is 0.214. The molecule has 0 bridgehead atoms. The van der Waals surface area contributed by atoms with Crippen molar-refractivity contribution in [3.8, 4) is 0 Å². The van der Waals surface area contributed by atoms with Gasteiger partial charge in [-0.25, -0.2) is 0 Å². The monoisotopic (exact) mass is 251 g/mol. The lowest BCUT2D eigenvalue weighted by atomic mass is 10.0. The van der Waals surface area contributed by atoms with Crippen LogP contribution in [0, 0.1) is 6.92 Å². The molecule has 2 rings (SSSR count). The third kappa shape index (κ3) is 2.94. The molecule has 2 aromatic rings. The van der Waals surface area contributed by atoms with E-state index in [1.54, 1.807) is 11.3 Å². The zero-order valence-electron chi connectivity index (χ0n) is 9.48. The average Bonchev–Trinajstić information content (AvgIpc) is 2.88. The summed E-state index contributed by atoms with van der Waals surface area (Å²) in [5.74, 6) is 0. The van der Waals surface area contributed by atoms with Crippen LogP contribution in [0.15, 0.2) is 29.0 Å². The van der Waals surface area contributed by atoms with Crippen LogP contribution in [0.1, 0.15) is 34.2 Å². The third-order valence-electron chi connectivity index (χ3n) is 2.82. The van der Waals surface area contributed by atoms with Gasteiger partial charge in [0.2, 0.25) is 0 Å². The fourth-order valence-corrected chi connectivity index (χ4v) is 3.41. The van der Waals surface area contributed by atoms with Crippen molar-refractivity contribution in [1.29, 1.82) is 0 Å². The molecular weight excluding hydrogens is 234 g/mol. The second-order valence-electron chi connectivity index (χ2n) is 4.01. The fourth-order valence-electron chi connectivity index (χ4n) is 1.89. The highest BCUT2D eigenvalue weighted by atomic mass is 32.1. The SMILES string of the molecule is Cc1sccc1C(N)CCCc1cccs1. The van der Waals surface area contributed by atoms with Gasteiger partial charge < -0.3 is 5.73 Å². The molecule has 2 N–H and O–H groups in total. The molecule has 2 heterocycles. The Morgan fingerprint density at radius 1 is 1.25 bits per heavy atom. The lowest BCUT2D eigenvalue weighted by molar-refractivity contribution is 0.613. The largest absolute Gasteiger partial charge is 0.324 e. The standard InChI is InChI=1S/C13H17NS2/c1-10-12(7-9-15-10)13(14)6-2-4-11-5-3-8-16-11/h3,5,7-9,13H,2,4,6,14H2,1H3. The number of thiophene rings is 2. The van der Waals surface area contributed by atoms with Crippen molar-refractivity contribution >= 4 is 22.7 Å². The van der Waals surface area contributed by atoms with Crippen LogP contribution in [0.25, 0.3) is 0 Å². The van der Waals surface area contributed by atoms with Crippen molar-refractivity contribution in [2.75, 3.05) is 0 Å². The highest BCUT2D eigenvalue weighted by Crippen LogP contribution is 2.25. The van der Waals surface area contributed by atoms with Gasteiger partial charge in [0, 0.05) is 15.8 Å². The topological polar surface area (TPSA) is 26.0 Å². The molecule has 1 unspecified atom stereocenters. The summed E-state index contributed by atoms with van der Waals surface area (Å²) >= 11 is 3.62. The van der Waals surface area contributed by atoms with E-state index < -0.39 is 0 Å². The predicted molar refractivity (Wildman–Crippen MR) is 73.2 cm³/mol. The average molecular weight is 251 g/mol. The molecule has 0 saturated carbocycles. The molecule has 0 saturated heterocycles. The molecule has 2 aromatic heterocycles. The smallest absolute Gasteiger partial charge is 0.0305 e. The molecule has 0 aliphatic rings. The molecule has 86 valence electrons. The number of aryl methyl sites for hydroxylation is 2. The quantitative estimate of drug-likeness (QED) is 0.849. The molecule has 0 radical (unpaired) electrons. The van der Waals surface area contributed by atoms with Crippen LogP contribution in [-0.2, 0) is 6.42 Å². The van der Waals surface area contributed by atoms with Crippen molar-refractivity contribution in [2.24, 2.45) is 5.73 Å². The summed E-state index contributed by atoms with van der Waals surface area (Å²) in [6, 6.07) is 6.69. The van der Waals surface area contributed by atoms with E-state index in [0.717, 1.165) is 12.8 Å². The summed E-state index contributed by atoms with van der Waals surface area (Å²) < 4.78 is 0. The zero-order chi connectivity index (χ0) is 11.4. The highest BCUT2D eigenvalue weighted by molar-refractivity contribution is 7.10. The summed E-state index contributed by atoms with van der Waals surface area (Å²) in [6.45, 7) is 2.15. The summed E-state index contributed by atoms with van der Waals surface area (Å²) in [6.07, 6.45) is 3.42. The van der Waals surface area contributed by atoms with E-state index in [1.165, 1.54) is 21.7 Å². The first-order chi connectivity index (χ1) is 7.77.